The van der Waals surface area contributed by atoms with E-state index < -0.39 is 11.9 Å². The largest absolute Gasteiger partial charge is 0.435 e. The Labute approximate surface area is 187 Å². The second-order valence-corrected chi connectivity index (χ2v) is 8.19. The fourth-order valence-electron chi connectivity index (χ4n) is 4.16. The van der Waals surface area contributed by atoms with Crippen LogP contribution in [-0.4, -0.2) is 40.3 Å². The van der Waals surface area contributed by atoms with Crippen molar-refractivity contribution in [1.29, 1.82) is 0 Å². The molecule has 3 heterocycles. The van der Waals surface area contributed by atoms with E-state index in [-0.39, 0.29) is 17.1 Å². The maximum Gasteiger partial charge on any atom is 0.435 e. The molecule has 2 aromatic heterocycles. The number of ether oxygens (including phenoxy) is 1. The zero-order valence-electron chi connectivity index (χ0n) is 17.0. The molecule has 1 unspecified atom stereocenters. The monoisotopic (exact) mass is 460 g/mol. The predicted molar refractivity (Wildman–Crippen MR) is 118 cm³/mol. The van der Waals surface area contributed by atoms with Crippen LogP contribution in [0.2, 0.25) is 5.02 Å². The second-order valence-electron chi connectivity index (χ2n) is 7.76. The Morgan fingerprint density at radius 2 is 1.94 bits per heavy atom. The first-order chi connectivity index (χ1) is 15.4. The van der Waals surface area contributed by atoms with Crippen molar-refractivity contribution in [3.05, 3.63) is 59.2 Å². The van der Waals surface area contributed by atoms with Gasteiger partial charge in [-0.1, -0.05) is 41.9 Å². The molecular formula is C23H20ClF3N4O. The fourth-order valence-corrected chi connectivity index (χ4v) is 4.33. The maximum absolute atomic E-state index is 14.0. The number of imidazole rings is 1. The van der Waals surface area contributed by atoms with Crippen LogP contribution in [0.25, 0.3) is 33.3 Å². The third kappa shape index (κ3) is 3.94. The average Bonchev–Trinajstić information content (AvgIpc) is 3.17. The Hall–Kier alpha value is -2.68. The summed E-state index contributed by atoms with van der Waals surface area (Å²) >= 11 is 6.07. The molecule has 0 radical (unpaired) electrons. The van der Waals surface area contributed by atoms with Crippen molar-refractivity contribution in [2.24, 2.45) is 0 Å². The molecule has 0 aliphatic carbocycles. The number of fused-ring (bicyclic) bond motifs is 3. The summed E-state index contributed by atoms with van der Waals surface area (Å²) in [5, 5.41) is 4.20. The summed E-state index contributed by atoms with van der Waals surface area (Å²) in [4.78, 5) is 8.39. The minimum Gasteiger partial charge on any atom is -0.376 e. The molecule has 5 rings (SSSR count). The maximum atomic E-state index is 14.0. The van der Waals surface area contributed by atoms with E-state index in [1.165, 1.54) is 6.07 Å². The highest BCUT2D eigenvalue weighted by molar-refractivity contribution is 6.31. The molecule has 32 heavy (non-hydrogen) atoms. The normalized spacial score (nSPS) is 17.3. The number of morpholine rings is 1. The number of nitrogens with one attached hydrogen (secondary N) is 1. The standard InChI is InChI=1S/C23H20ClF3N4O/c24-15-6-7-17-18(12-15)29-21(23(25,26)27)19-20(17)31(10-8-16-13-28-9-11-32-16)22(30-19)14-4-2-1-3-5-14/h1-7,12,16,28H,8-11,13H2. The fraction of sp³-hybridized carbons (Fsp3) is 0.304. The van der Waals surface area contributed by atoms with Gasteiger partial charge in [0.15, 0.2) is 5.69 Å². The van der Waals surface area contributed by atoms with Crippen molar-refractivity contribution in [3.8, 4) is 11.4 Å². The molecule has 0 saturated carbocycles. The van der Waals surface area contributed by atoms with Crippen LogP contribution in [-0.2, 0) is 17.5 Å². The van der Waals surface area contributed by atoms with Crippen LogP contribution in [0.15, 0.2) is 48.5 Å². The number of alkyl halides is 3. The number of hydrogen-bond donors (Lipinski definition) is 1. The third-order valence-electron chi connectivity index (χ3n) is 5.62. The zero-order chi connectivity index (χ0) is 22.3. The Morgan fingerprint density at radius 3 is 2.66 bits per heavy atom. The number of rotatable bonds is 4. The van der Waals surface area contributed by atoms with Gasteiger partial charge in [-0.2, -0.15) is 13.2 Å². The summed E-state index contributed by atoms with van der Waals surface area (Å²) in [5.74, 6) is 0.471. The molecule has 1 atom stereocenters. The van der Waals surface area contributed by atoms with Crippen LogP contribution in [0.4, 0.5) is 13.2 Å². The summed E-state index contributed by atoms with van der Waals surface area (Å²) < 4.78 is 49.6. The van der Waals surface area contributed by atoms with Gasteiger partial charge >= 0.3 is 6.18 Å². The van der Waals surface area contributed by atoms with E-state index in [9.17, 15) is 13.2 Å². The molecule has 4 aromatic rings. The van der Waals surface area contributed by atoms with Crippen molar-refractivity contribution in [2.75, 3.05) is 19.7 Å². The highest BCUT2D eigenvalue weighted by Gasteiger charge is 2.37. The van der Waals surface area contributed by atoms with E-state index in [0.717, 1.165) is 12.1 Å². The van der Waals surface area contributed by atoms with E-state index in [4.69, 9.17) is 16.3 Å². The number of hydrogen-bond acceptors (Lipinski definition) is 4. The lowest BCUT2D eigenvalue weighted by atomic mass is 10.1. The van der Waals surface area contributed by atoms with Gasteiger partial charge in [0, 0.05) is 35.6 Å². The van der Waals surface area contributed by atoms with Crippen molar-refractivity contribution < 1.29 is 17.9 Å². The van der Waals surface area contributed by atoms with Crippen LogP contribution < -0.4 is 5.32 Å². The first-order valence-corrected chi connectivity index (χ1v) is 10.7. The summed E-state index contributed by atoms with van der Waals surface area (Å²) in [5.41, 5.74) is 0.166. The summed E-state index contributed by atoms with van der Waals surface area (Å²) in [6.07, 6.45) is -4.04. The van der Waals surface area contributed by atoms with Crippen LogP contribution in [0.1, 0.15) is 12.1 Å². The number of aryl methyl sites for hydroxylation is 1. The molecule has 9 heteroatoms. The van der Waals surface area contributed by atoms with Crippen LogP contribution in [0.5, 0.6) is 0 Å². The predicted octanol–water partition coefficient (Wildman–Crippen LogP) is 5.30. The Bertz CT molecular complexity index is 1270. The Balaban J connectivity index is 1.76. The van der Waals surface area contributed by atoms with Crippen molar-refractivity contribution in [3.63, 3.8) is 0 Å². The number of pyridine rings is 1. The first kappa shape index (κ1) is 21.2. The van der Waals surface area contributed by atoms with E-state index in [1.807, 2.05) is 34.9 Å². The molecule has 5 nitrogen and oxygen atoms in total. The van der Waals surface area contributed by atoms with Gasteiger partial charge in [-0.25, -0.2) is 9.97 Å². The minimum absolute atomic E-state index is 0.0190. The SMILES string of the molecule is FC(F)(F)c1nc2cc(Cl)ccc2c2c1nc(-c1ccccc1)n2CCC1CNCCO1. The van der Waals surface area contributed by atoms with E-state index in [1.54, 1.807) is 12.1 Å². The summed E-state index contributed by atoms with van der Waals surface area (Å²) in [6, 6.07) is 14.1. The minimum atomic E-state index is -4.65. The van der Waals surface area contributed by atoms with Gasteiger partial charge in [-0.3, -0.25) is 0 Å². The molecule has 0 spiro atoms. The van der Waals surface area contributed by atoms with Gasteiger partial charge in [-0.15, -0.1) is 0 Å². The molecule has 0 amide bonds. The molecule has 2 aromatic carbocycles. The smallest absolute Gasteiger partial charge is 0.376 e. The topological polar surface area (TPSA) is 52.0 Å². The molecule has 1 fully saturated rings. The molecule has 1 aliphatic rings. The molecule has 1 aliphatic heterocycles. The first-order valence-electron chi connectivity index (χ1n) is 10.4. The van der Waals surface area contributed by atoms with Gasteiger partial charge in [0.25, 0.3) is 0 Å². The quantitative estimate of drug-likeness (QED) is 0.449. The lowest BCUT2D eigenvalue weighted by molar-refractivity contribution is -0.139. The van der Waals surface area contributed by atoms with Gasteiger partial charge in [0.05, 0.1) is 23.7 Å². The molecule has 0 bridgehead atoms. The van der Waals surface area contributed by atoms with Gasteiger partial charge in [0.2, 0.25) is 0 Å². The molecule has 1 saturated heterocycles. The lowest BCUT2D eigenvalue weighted by Crippen LogP contribution is -2.38. The number of benzene rings is 2. The van der Waals surface area contributed by atoms with Crippen molar-refractivity contribution in [1.82, 2.24) is 19.9 Å². The van der Waals surface area contributed by atoms with Crippen molar-refractivity contribution >= 4 is 33.5 Å². The van der Waals surface area contributed by atoms with Gasteiger partial charge < -0.3 is 14.6 Å². The Kier molecular flexibility index (Phi) is 5.53. The average molecular weight is 461 g/mol. The number of halogens is 4. The molecular weight excluding hydrogens is 441 g/mol. The summed E-state index contributed by atoms with van der Waals surface area (Å²) in [7, 11) is 0. The number of nitrogens with zero attached hydrogens (tertiary/aromatic N) is 3. The molecule has 166 valence electrons. The lowest BCUT2D eigenvalue weighted by Gasteiger charge is -2.24. The second kappa shape index (κ2) is 8.35. The highest BCUT2D eigenvalue weighted by Crippen LogP contribution is 2.39. The van der Waals surface area contributed by atoms with E-state index >= 15 is 0 Å². The van der Waals surface area contributed by atoms with E-state index in [2.05, 4.69) is 15.3 Å². The molecule has 1 N–H and O–H groups in total. The van der Waals surface area contributed by atoms with Crippen LogP contribution in [0.3, 0.4) is 0 Å². The summed E-state index contributed by atoms with van der Waals surface area (Å²) in [6.45, 7) is 2.57. The van der Waals surface area contributed by atoms with Crippen LogP contribution >= 0.6 is 11.6 Å². The van der Waals surface area contributed by atoms with Gasteiger partial charge in [-0.05, 0) is 24.6 Å². The third-order valence-corrected chi connectivity index (χ3v) is 5.85. The highest BCUT2D eigenvalue weighted by atomic mass is 35.5. The Morgan fingerprint density at radius 1 is 1.12 bits per heavy atom. The number of aromatic nitrogens is 3. The zero-order valence-corrected chi connectivity index (χ0v) is 17.7. The van der Waals surface area contributed by atoms with Crippen LogP contribution in [0, 0.1) is 0 Å². The van der Waals surface area contributed by atoms with Crippen molar-refractivity contribution in [2.45, 2.75) is 25.2 Å². The van der Waals surface area contributed by atoms with E-state index in [0.29, 0.717) is 47.9 Å². The van der Waals surface area contributed by atoms with Gasteiger partial charge in [0.1, 0.15) is 11.3 Å².